The van der Waals surface area contributed by atoms with Crippen molar-refractivity contribution in [2.75, 3.05) is 38.9 Å². The Morgan fingerprint density at radius 2 is 1.55 bits per heavy atom. The molecule has 0 amide bonds. The van der Waals surface area contributed by atoms with Crippen LogP contribution in [-0.2, 0) is 9.47 Å². The lowest BCUT2D eigenvalue weighted by Gasteiger charge is -2.24. The van der Waals surface area contributed by atoms with Crippen molar-refractivity contribution in [1.29, 1.82) is 0 Å². The van der Waals surface area contributed by atoms with Crippen LogP contribution < -0.4 is 0 Å². The summed E-state index contributed by atoms with van der Waals surface area (Å²) in [5.41, 5.74) is 0.277. The Morgan fingerprint density at radius 1 is 1.09 bits per heavy atom. The van der Waals surface area contributed by atoms with Crippen LogP contribution in [-0.4, -0.2) is 38.9 Å². The second-order valence-electron chi connectivity index (χ2n) is 2.89. The summed E-state index contributed by atoms with van der Waals surface area (Å²) in [6.45, 7) is 1.64. The highest BCUT2D eigenvalue weighted by atomic mass is 33.1. The van der Waals surface area contributed by atoms with Gasteiger partial charge in [0.15, 0.2) is 0 Å². The third-order valence-electron chi connectivity index (χ3n) is 1.71. The first-order valence-corrected chi connectivity index (χ1v) is 6.04. The fourth-order valence-corrected chi connectivity index (χ4v) is 4.53. The summed E-state index contributed by atoms with van der Waals surface area (Å²) in [5, 5.41) is 0. The molecule has 1 heterocycles. The SMILES string of the molecule is COCC1(COC)CSSC1. The summed E-state index contributed by atoms with van der Waals surface area (Å²) < 4.78 is 10.4. The van der Waals surface area contributed by atoms with Gasteiger partial charge in [0, 0.05) is 31.1 Å². The number of ether oxygens (including phenoxy) is 2. The normalized spacial score (nSPS) is 22.4. The van der Waals surface area contributed by atoms with Gasteiger partial charge in [0.25, 0.3) is 0 Å². The quantitative estimate of drug-likeness (QED) is 0.633. The van der Waals surface area contributed by atoms with Gasteiger partial charge in [-0.15, -0.1) is 0 Å². The van der Waals surface area contributed by atoms with Crippen molar-refractivity contribution in [2.45, 2.75) is 0 Å². The van der Waals surface area contributed by atoms with E-state index in [0.717, 1.165) is 24.7 Å². The highest BCUT2D eigenvalue weighted by molar-refractivity contribution is 8.77. The Hall–Kier alpha value is 0.620. The van der Waals surface area contributed by atoms with Gasteiger partial charge in [-0.3, -0.25) is 0 Å². The predicted molar refractivity (Wildman–Crippen MR) is 51.1 cm³/mol. The summed E-state index contributed by atoms with van der Waals surface area (Å²) in [6.07, 6.45) is 0. The molecule has 11 heavy (non-hydrogen) atoms. The summed E-state index contributed by atoms with van der Waals surface area (Å²) >= 11 is 0. The molecular formula is C7H14O2S2. The van der Waals surface area contributed by atoms with Crippen LogP contribution in [0.5, 0.6) is 0 Å². The average Bonchev–Trinajstić information content (AvgIpc) is 2.39. The van der Waals surface area contributed by atoms with E-state index in [9.17, 15) is 0 Å². The molecule has 0 aliphatic carbocycles. The molecule has 1 aliphatic heterocycles. The maximum absolute atomic E-state index is 5.18. The van der Waals surface area contributed by atoms with Crippen LogP contribution in [0.4, 0.5) is 0 Å². The predicted octanol–water partition coefficient (Wildman–Crippen LogP) is 1.66. The Bertz CT molecular complexity index is 105. The second kappa shape index (κ2) is 4.60. The zero-order chi connectivity index (χ0) is 8.16. The minimum Gasteiger partial charge on any atom is -0.384 e. The minimum atomic E-state index is 0.277. The third kappa shape index (κ3) is 2.54. The van der Waals surface area contributed by atoms with Crippen molar-refractivity contribution in [2.24, 2.45) is 5.41 Å². The van der Waals surface area contributed by atoms with Crippen molar-refractivity contribution in [3.05, 3.63) is 0 Å². The molecule has 0 radical (unpaired) electrons. The Kier molecular flexibility index (Phi) is 4.06. The number of methoxy groups -OCH3 is 2. The number of rotatable bonds is 4. The molecule has 1 fully saturated rings. The molecule has 1 saturated heterocycles. The molecule has 0 saturated carbocycles. The molecule has 1 aliphatic rings. The Morgan fingerprint density at radius 3 is 1.91 bits per heavy atom. The zero-order valence-corrected chi connectivity index (χ0v) is 8.59. The highest BCUT2D eigenvalue weighted by Gasteiger charge is 2.35. The molecule has 0 N–H and O–H groups in total. The van der Waals surface area contributed by atoms with E-state index in [1.807, 2.05) is 21.6 Å². The summed E-state index contributed by atoms with van der Waals surface area (Å²) in [5.74, 6) is 2.30. The molecule has 0 spiro atoms. The second-order valence-corrected chi connectivity index (χ2v) is 5.35. The van der Waals surface area contributed by atoms with Crippen LogP contribution in [0.25, 0.3) is 0 Å². The van der Waals surface area contributed by atoms with E-state index in [2.05, 4.69) is 0 Å². The first kappa shape index (κ1) is 9.71. The smallest absolute Gasteiger partial charge is 0.0557 e. The number of hydrogen-bond acceptors (Lipinski definition) is 4. The van der Waals surface area contributed by atoms with E-state index in [-0.39, 0.29) is 5.41 Å². The van der Waals surface area contributed by atoms with Gasteiger partial charge in [0.05, 0.1) is 13.2 Å². The van der Waals surface area contributed by atoms with Gasteiger partial charge in [0.1, 0.15) is 0 Å². The van der Waals surface area contributed by atoms with Crippen LogP contribution in [0.2, 0.25) is 0 Å². The molecule has 0 aromatic carbocycles. The van der Waals surface area contributed by atoms with Gasteiger partial charge >= 0.3 is 0 Å². The summed E-state index contributed by atoms with van der Waals surface area (Å²) in [7, 11) is 7.35. The average molecular weight is 194 g/mol. The van der Waals surface area contributed by atoms with Gasteiger partial charge in [-0.1, -0.05) is 21.6 Å². The van der Waals surface area contributed by atoms with E-state index in [4.69, 9.17) is 9.47 Å². The third-order valence-corrected chi connectivity index (χ3v) is 4.55. The van der Waals surface area contributed by atoms with Crippen LogP contribution in [0.3, 0.4) is 0 Å². The molecule has 0 aromatic heterocycles. The highest BCUT2D eigenvalue weighted by Crippen LogP contribution is 2.43. The summed E-state index contributed by atoms with van der Waals surface area (Å²) in [6, 6.07) is 0. The lowest BCUT2D eigenvalue weighted by molar-refractivity contribution is 0.0413. The van der Waals surface area contributed by atoms with Crippen LogP contribution >= 0.6 is 21.6 Å². The Balaban J connectivity index is 2.40. The zero-order valence-electron chi connectivity index (χ0n) is 6.96. The first-order valence-electron chi connectivity index (χ1n) is 3.55. The van der Waals surface area contributed by atoms with E-state index in [1.54, 1.807) is 14.2 Å². The molecule has 1 rings (SSSR count). The molecule has 0 unspecified atom stereocenters. The molecular weight excluding hydrogens is 180 g/mol. The fraction of sp³-hybridized carbons (Fsp3) is 1.00. The van der Waals surface area contributed by atoms with Crippen molar-refractivity contribution in [3.63, 3.8) is 0 Å². The fourth-order valence-electron chi connectivity index (χ4n) is 1.20. The minimum absolute atomic E-state index is 0.277. The standard InChI is InChI=1S/C7H14O2S2/c1-8-3-7(4-9-2)5-10-11-6-7/h3-6H2,1-2H3. The van der Waals surface area contributed by atoms with Crippen LogP contribution in [0.15, 0.2) is 0 Å². The van der Waals surface area contributed by atoms with Gasteiger partial charge in [-0.2, -0.15) is 0 Å². The maximum atomic E-state index is 5.18. The lowest BCUT2D eigenvalue weighted by Crippen LogP contribution is -2.33. The molecule has 0 atom stereocenters. The maximum Gasteiger partial charge on any atom is 0.0557 e. The van der Waals surface area contributed by atoms with E-state index in [1.165, 1.54) is 0 Å². The van der Waals surface area contributed by atoms with Crippen LogP contribution in [0.1, 0.15) is 0 Å². The van der Waals surface area contributed by atoms with Crippen molar-refractivity contribution in [1.82, 2.24) is 0 Å². The van der Waals surface area contributed by atoms with E-state index < -0.39 is 0 Å². The topological polar surface area (TPSA) is 18.5 Å². The summed E-state index contributed by atoms with van der Waals surface area (Å²) in [4.78, 5) is 0. The van der Waals surface area contributed by atoms with Crippen molar-refractivity contribution >= 4 is 21.6 Å². The van der Waals surface area contributed by atoms with E-state index >= 15 is 0 Å². The molecule has 0 bridgehead atoms. The molecule has 66 valence electrons. The molecule has 0 aromatic rings. The first-order chi connectivity index (χ1) is 5.33. The molecule has 4 heteroatoms. The van der Waals surface area contributed by atoms with Crippen molar-refractivity contribution < 1.29 is 9.47 Å². The van der Waals surface area contributed by atoms with Gasteiger partial charge in [-0.05, 0) is 0 Å². The number of hydrogen-bond donors (Lipinski definition) is 0. The largest absolute Gasteiger partial charge is 0.384 e. The van der Waals surface area contributed by atoms with Crippen molar-refractivity contribution in [3.8, 4) is 0 Å². The van der Waals surface area contributed by atoms with Gasteiger partial charge in [0.2, 0.25) is 0 Å². The van der Waals surface area contributed by atoms with E-state index in [0.29, 0.717) is 0 Å². The Labute approximate surface area is 75.8 Å². The molecule has 2 nitrogen and oxygen atoms in total. The van der Waals surface area contributed by atoms with Gasteiger partial charge < -0.3 is 9.47 Å². The lowest BCUT2D eigenvalue weighted by atomic mass is 9.95. The monoisotopic (exact) mass is 194 g/mol. The van der Waals surface area contributed by atoms with Crippen LogP contribution in [0, 0.1) is 5.41 Å². The van der Waals surface area contributed by atoms with Gasteiger partial charge in [-0.25, -0.2) is 0 Å².